The van der Waals surface area contributed by atoms with Crippen molar-refractivity contribution in [3.05, 3.63) is 51.0 Å². The average molecular weight is 378 g/mol. The Labute approximate surface area is 130 Å². The van der Waals surface area contributed by atoms with Gasteiger partial charge in [-0.15, -0.1) is 0 Å². The van der Waals surface area contributed by atoms with Crippen molar-refractivity contribution in [1.82, 2.24) is 9.78 Å². The molecule has 0 spiro atoms. The SMILES string of the molecule is N#Cc1ccc(F)c(Cn2nc(Br)c(C(F)(F)F)c2CO)c1. The standard InChI is InChI=1S/C13H8BrF4N3O/c14-12-11(13(16,17)18)10(6-22)21(20-12)5-8-3-7(4-19)1-2-9(8)15/h1-3,22H,5-6H2. The van der Waals surface area contributed by atoms with Gasteiger partial charge in [-0.1, -0.05) is 0 Å². The number of rotatable bonds is 3. The molecule has 1 heterocycles. The normalized spacial score (nSPS) is 11.5. The first-order valence-corrected chi connectivity index (χ1v) is 6.69. The van der Waals surface area contributed by atoms with Crippen LogP contribution in [0.2, 0.25) is 0 Å². The molecule has 0 fully saturated rings. The molecule has 0 aliphatic rings. The Morgan fingerprint density at radius 1 is 1.36 bits per heavy atom. The third kappa shape index (κ3) is 3.13. The number of aliphatic hydroxyl groups excluding tert-OH is 1. The van der Waals surface area contributed by atoms with Crippen LogP contribution in [0.3, 0.4) is 0 Å². The summed E-state index contributed by atoms with van der Waals surface area (Å²) in [7, 11) is 0. The first kappa shape index (κ1) is 16.5. The molecule has 0 saturated carbocycles. The van der Waals surface area contributed by atoms with Gasteiger partial charge in [-0.3, -0.25) is 4.68 Å². The zero-order chi connectivity index (χ0) is 16.5. The van der Waals surface area contributed by atoms with E-state index in [9.17, 15) is 22.7 Å². The van der Waals surface area contributed by atoms with Crippen LogP contribution >= 0.6 is 15.9 Å². The van der Waals surface area contributed by atoms with Crippen LogP contribution in [0, 0.1) is 17.1 Å². The fraction of sp³-hybridized carbons (Fsp3) is 0.231. The Morgan fingerprint density at radius 2 is 2.05 bits per heavy atom. The van der Waals surface area contributed by atoms with E-state index in [0.717, 1.165) is 10.7 Å². The van der Waals surface area contributed by atoms with Crippen LogP contribution in [0.5, 0.6) is 0 Å². The van der Waals surface area contributed by atoms with Gasteiger partial charge in [0.05, 0.1) is 30.5 Å². The molecular formula is C13H8BrF4N3O. The zero-order valence-corrected chi connectivity index (χ0v) is 12.4. The second kappa shape index (κ2) is 6.06. The molecule has 0 unspecified atom stereocenters. The summed E-state index contributed by atoms with van der Waals surface area (Å²) in [6.07, 6.45) is -4.71. The molecule has 1 N–H and O–H groups in total. The zero-order valence-electron chi connectivity index (χ0n) is 10.8. The van der Waals surface area contributed by atoms with Gasteiger partial charge in [0.25, 0.3) is 0 Å². The molecule has 4 nitrogen and oxygen atoms in total. The van der Waals surface area contributed by atoms with E-state index < -0.39 is 34.5 Å². The summed E-state index contributed by atoms with van der Waals surface area (Å²) in [4.78, 5) is 0. The molecule has 0 aliphatic carbocycles. The highest BCUT2D eigenvalue weighted by atomic mass is 79.9. The lowest BCUT2D eigenvalue weighted by Gasteiger charge is -2.10. The molecule has 0 saturated heterocycles. The maximum absolute atomic E-state index is 13.7. The van der Waals surface area contributed by atoms with Crippen LogP contribution in [-0.4, -0.2) is 14.9 Å². The van der Waals surface area contributed by atoms with Crippen molar-refractivity contribution in [2.45, 2.75) is 19.3 Å². The van der Waals surface area contributed by atoms with Gasteiger partial charge in [0.2, 0.25) is 0 Å². The van der Waals surface area contributed by atoms with E-state index in [1.807, 2.05) is 6.07 Å². The van der Waals surface area contributed by atoms with E-state index in [0.29, 0.717) is 0 Å². The van der Waals surface area contributed by atoms with Gasteiger partial charge in [0.1, 0.15) is 16.0 Å². The highest BCUT2D eigenvalue weighted by Crippen LogP contribution is 2.37. The molecule has 0 bridgehead atoms. The van der Waals surface area contributed by atoms with Crippen LogP contribution in [-0.2, 0) is 19.3 Å². The molecule has 2 aromatic rings. The van der Waals surface area contributed by atoms with Crippen molar-refractivity contribution in [2.75, 3.05) is 0 Å². The molecule has 9 heteroatoms. The van der Waals surface area contributed by atoms with Crippen LogP contribution in [0.1, 0.15) is 22.4 Å². The molecular weight excluding hydrogens is 370 g/mol. The average Bonchev–Trinajstić information content (AvgIpc) is 2.76. The number of nitriles is 1. The van der Waals surface area contributed by atoms with E-state index in [2.05, 4.69) is 21.0 Å². The molecule has 0 radical (unpaired) electrons. The smallest absolute Gasteiger partial charge is 0.390 e. The van der Waals surface area contributed by atoms with Crippen molar-refractivity contribution in [1.29, 1.82) is 5.26 Å². The van der Waals surface area contributed by atoms with E-state index in [4.69, 9.17) is 5.26 Å². The number of benzene rings is 1. The summed E-state index contributed by atoms with van der Waals surface area (Å²) in [5.74, 6) is -0.678. The van der Waals surface area contributed by atoms with Crippen molar-refractivity contribution in [3.8, 4) is 6.07 Å². The Balaban J connectivity index is 2.50. The lowest BCUT2D eigenvalue weighted by atomic mass is 10.1. The topological polar surface area (TPSA) is 61.8 Å². The van der Waals surface area contributed by atoms with E-state index >= 15 is 0 Å². The minimum atomic E-state index is -4.71. The van der Waals surface area contributed by atoms with Crippen molar-refractivity contribution < 1.29 is 22.7 Å². The second-order valence-electron chi connectivity index (χ2n) is 4.34. The minimum Gasteiger partial charge on any atom is -0.390 e. The summed E-state index contributed by atoms with van der Waals surface area (Å²) >= 11 is 2.70. The molecule has 1 aromatic carbocycles. The van der Waals surface area contributed by atoms with Gasteiger partial charge in [0.15, 0.2) is 0 Å². The summed E-state index contributed by atoms with van der Waals surface area (Å²) in [6, 6.07) is 5.34. The number of aromatic nitrogens is 2. The second-order valence-corrected chi connectivity index (χ2v) is 5.10. The highest BCUT2D eigenvalue weighted by molar-refractivity contribution is 9.10. The number of halogens is 5. The quantitative estimate of drug-likeness (QED) is 0.835. The minimum absolute atomic E-state index is 0.00234. The van der Waals surface area contributed by atoms with Gasteiger partial charge in [0, 0.05) is 5.56 Å². The third-order valence-electron chi connectivity index (χ3n) is 2.94. The summed E-state index contributed by atoms with van der Waals surface area (Å²) in [5, 5.41) is 21.6. The first-order chi connectivity index (χ1) is 10.3. The number of aliphatic hydroxyl groups is 1. The lowest BCUT2D eigenvalue weighted by molar-refractivity contribution is -0.139. The Kier molecular flexibility index (Phi) is 4.53. The first-order valence-electron chi connectivity index (χ1n) is 5.89. The molecule has 116 valence electrons. The predicted molar refractivity (Wildman–Crippen MR) is 71.1 cm³/mol. The van der Waals surface area contributed by atoms with Crippen LogP contribution in [0.25, 0.3) is 0 Å². The van der Waals surface area contributed by atoms with E-state index in [1.54, 1.807) is 0 Å². The molecule has 22 heavy (non-hydrogen) atoms. The van der Waals surface area contributed by atoms with Crippen molar-refractivity contribution in [3.63, 3.8) is 0 Å². The highest BCUT2D eigenvalue weighted by Gasteiger charge is 2.39. The number of nitrogens with zero attached hydrogens (tertiary/aromatic N) is 3. The molecule has 0 atom stereocenters. The Hall–Kier alpha value is -1.92. The molecule has 2 rings (SSSR count). The lowest BCUT2D eigenvalue weighted by Crippen LogP contribution is -2.13. The van der Waals surface area contributed by atoms with Crippen LogP contribution < -0.4 is 0 Å². The van der Waals surface area contributed by atoms with Crippen molar-refractivity contribution >= 4 is 15.9 Å². The maximum atomic E-state index is 13.7. The fourth-order valence-corrected chi connectivity index (χ4v) is 2.61. The molecule has 1 aromatic heterocycles. The maximum Gasteiger partial charge on any atom is 0.420 e. The van der Waals surface area contributed by atoms with Crippen LogP contribution in [0.4, 0.5) is 17.6 Å². The number of alkyl halides is 3. The summed E-state index contributed by atoms with van der Waals surface area (Å²) in [6.45, 7) is -1.25. The van der Waals surface area contributed by atoms with Crippen molar-refractivity contribution in [2.24, 2.45) is 0 Å². The van der Waals surface area contributed by atoms with Gasteiger partial charge in [-0.2, -0.15) is 23.5 Å². The Bertz CT molecular complexity index is 749. The van der Waals surface area contributed by atoms with Gasteiger partial charge in [-0.25, -0.2) is 4.39 Å². The summed E-state index contributed by atoms with van der Waals surface area (Å²) in [5.41, 5.74) is -1.42. The van der Waals surface area contributed by atoms with Gasteiger partial charge >= 0.3 is 6.18 Å². The fourth-order valence-electron chi connectivity index (χ4n) is 1.96. The van der Waals surface area contributed by atoms with E-state index in [1.165, 1.54) is 12.1 Å². The van der Waals surface area contributed by atoms with E-state index in [-0.39, 0.29) is 17.7 Å². The largest absolute Gasteiger partial charge is 0.420 e. The monoisotopic (exact) mass is 377 g/mol. The number of hydrogen-bond donors (Lipinski definition) is 1. The molecule has 0 aliphatic heterocycles. The third-order valence-corrected chi connectivity index (χ3v) is 3.50. The predicted octanol–water partition coefficient (Wildman–Crippen LogP) is 3.22. The number of hydrogen-bond acceptors (Lipinski definition) is 3. The molecule has 0 amide bonds. The van der Waals surface area contributed by atoms with Gasteiger partial charge < -0.3 is 5.11 Å². The Morgan fingerprint density at radius 3 is 2.59 bits per heavy atom. The van der Waals surface area contributed by atoms with Crippen LogP contribution in [0.15, 0.2) is 22.8 Å². The van der Waals surface area contributed by atoms with Gasteiger partial charge in [-0.05, 0) is 34.1 Å². The summed E-state index contributed by atoms with van der Waals surface area (Å²) < 4.78 is 52.9.